The summed E-state index contributed by atoms with van der Waals surface area (Å²) in [7, 11) is 3.07. The first-order valence-electron chi connectivity index (χ1n) is 9.72. The number of methoxy groups -OCH3 is 2. The van der Waals surface area contributed by atoms with E-state index in [1.807, 2.05) is 13.0 Å². The Morgan fingerprint density at radius 3 is 2.23 bits per heavy atom. The molecule has 31 heavy (non-hydrogen) atoms. The van der Waals surface area contributed by atoms with Crippen molar-refractivity contribution in [2.45, 2.75) is 6.92 Å². The quantitative estimate of drug-likeness (QED) is 0.556. The van der Waals surface area contributed by atoms with Crippen LogP contribution >= 0.6 is 0 Å². The highest BCUT2D eigenvalue weighted by Crippen LogP contribution is 2.29. The standard InChI is InChI=1S/C24H24N2O5/c1-4-31-21-8-6-5-7-19(21)24(28)25-17-11-14-22(30-3)20(15-17)26-23(27)16-9-12-18(29-2)13-10-16/h5-15H,4H2,1-3H3,(H,25,28)(H,26,27). The molecule has 7 nitrogen and oxygen atoms in total. The van der Waals surface area contributed by atoms with Gasteiger partial charge in [0.05, 0.1) is 32.1 Å². The Balaban J connectivity index is 1.80. The zero-order chi connectivity index (χ0) is 22.2. The van der Waals surface area contributed by atoms with E-state index in [1.165, 1.54) is 7.11 Å². The lowest BCUT2D eigenvalue weighted by molar-refractivity contribution is 0.101. The molecular weight excluding hydrogens is 396 g/mol. The van der Waals surface area contributed by atoms with Crippen molar-refractivity contribution < 1.29 is 23.8 Å². The molecule has 0 fully saturated rings. The molecule has 0 radical (unpaired) electrons. The van der Waals surface area contributed by atoms with Crippen LogP contribution < -0.4 is 24.8 Å². The molecule has 0 saturated carbocycles. The van der Waals surface area contributed by atoms with Crippen molar-refractivity contribution in [3.63, 3.8) is 0 Å². The summed E-state index contributed by atoms with van der Waals surface area (Å²) in [4.78, 5) is 25.4. The molecule has 2 N–H and O–H groups in total. The first-order valence-corrected chi connectivity index (χ1v) is 9.72. The second kappa shape index (κ2) is 10.2. The maximum absolute atomic E-state index is 12.8. The first-order chi connectivity index (χ1) is 15.0. The molecule has 0 heterocycles. The molecule has 3 aromatic rings. The van der Waals surface area contributed by atoms with Gasteiger partial charge in [-0.25, -0.2) is 0 Å². The van der Waals surface area contributed by atoms with Crippen molar-refractivity contribution in [3.05, 3.63) is 77.9 Å². The van der Waals surface area contributed by atoms with E-state index in [2.05, 4.69) is 10.6 Å². The van der Waals surface area contributed by atoms with Crippen LogP contribution in [-0.4, -0.2) is 32.6 Å². The molecule has 0 aliphatic heterocycles. The molecule has 3 rings (SSSR count). The molecule has 160 valence electrons. The lowest BCUT2D eigenvalue weighted by atomic mass is 10.1. The van der Waals surface area contributed by atoms with Crippen LogP contribution in [0.25, 0.3) is 0 Å². The predicted octanol–water partition coefficient (Wildman–Crippen LogP) is 4.61. The summed E-state index contributed by atoms with van der Waals surface area (Å²) in [6.45, 7) is 2.31. The lowest BCUT2D eigenvalue weighted by Crippen LogP contribution is -2.15. The van der Waals surface area contributed by atoms with Crippen LogP contribution in [0.4, 0.5) is 11.4 Å². The highest BCUT2D eigenvalue weighted by molar-refractivity contribution is 6.08. The molecule has 0 aromatic heterocycles. The fourth-order valence-electron chi connectivity index (χ4n) is 2.95. The van der Waals surface area contributed by atoms with Crippen LogP contribution in [-0.2, 0) is 0 Å². The molecule has 0 aliphatic carbocycles. The maximum atomic E-state index is 12.8. The van der Waals surface area contributed by atoms with Gasteiger partial charge in [-0.05, 0) is 61.5 Å². The zero-order valence-electron chi connectivity index (χ0n) is 17.6. The van der Waals surface area contributed by atoms with Crippen molar-refractivity contribution in [2.24, 2.45) is 0 Å². The van der Waals surface area contributed by atoms with Crippen LogP contribution in [0.5, 0.6) is 17.2 Å². The van der Waals surface area contributed by atoms with Gasteiger partial charge in [0.15, 0.2) is 0 Å². The fraction of sp³-hybridized carbons (Fsp3) is 0.167. The summed E-state index contributed by atoms with van der Waals surface area (Å²) in [5.41, 5.74) is 1.81. The van der Waals surface area contributed by atoms with Gasteiger partial charge in [0, 0.05) is 11.3 Å². The highest BCUT2D eigenvalue weighted by atomic mass is 16.5. The molecule has 0 spiro atoms. The molecule has 2 amide bonds. The minimum absolute atomic E-state index is 0.314. The Labute approximate surface area is 180 Å². The number of hydrogen-bond donors (Lipinski definition) is 2. The summed E-state index contributed by atoms with van der Waals surface area (Å²) in [6, 6.07) is 18.8. The minimum atomic E-state index is -0.318. The van der Waals surface area contributed by atoms with Crippen LogP contribution in [0, 0.1) is 0 Å². The van der Waals surface area contributed by atoms with E-state index in [0.717, 1.165) is 0 Å². The second-order valence-corrected chi connectivity index (χ2v) is 6.48. The summed E-state index contributed by atoms with van der Waals surface area (Å²) in [6.07, 6.45) is 0. The van der Waals surface area contributed by atoms with Crippen molar-refractivity contribution >= 4 is 23.2 Å². The molecule has 7 heteroatoms. The van der Waals surface area contributed by atoms with Gasteiger partial charge in [-0.3, -0.25) is 9.59 Å². The third-order valence-electron chi connectivity index (χ3n) is 4.49. The Hall–Kier alpha value is -4.00. The van der Waals surface area contributed by atoms with Gasteiger partial charge < -0.3 is 24.8 Å². The number of para-hydroxylation sites is 1. The van der Waals surface area contributed by atoms with E-state index in [9.17, 15) is 9.59 Å². The number of amides is 2. The predicted molar refractivity (Wildman–Crippen MR) is 120 cm³/mol. The number of benzene rings is 3. The first kappa shape index (κ1) is 21.7. The van der Waals surface area contributed by atoms with Crippen LogP contribution in [0.3, 0.4) is 0 Å². The molecule has 3 aromatic carbocycles. The Kier molecular flexibility index (Phi) is 7.11. The highest BCUT2D eigenvalue weighted by Gasteiger charge is 2.15. The van der Waals surface area contributed by atoms with Crippen molar-refractivity contribution in [1.82, 2.24) is 0 Å². The average molecular weight is 420 g/mol. The van der Waals surface area contributed by atoms with E-state index in [4.69, 9.17) is 14.2 Å². The number of anilines is 2. The summed E-state index contributed by atoms with van der Waals surface area (Å²) >= 11 is 0. The Morgan fingerprint density at radius 1 is 0.806 bits per heavy atom. The van der Waals surface area contributed by atoms with Crippen molar-refractivity contribution in [2.75, 3.05) is 31.5 Å². The van der Waals surface area contributed by atoms with E-state index < -0.39 is 0 Å². The summed E-state index contributed by atoms with van der Waals surface area (Å²) in [5, 5.41) is 5.65. The molecule has 0 atom stereocenters. The topological polar surface area (TPSA) is 85.9 Å². The number of carbonyl (C=O) groups is 2. The number of ether oxygens (including phenoxy) is 3. The van der Waals surface area contributed by atoms with Gasteiger partial charge in [0.25, 0.3) is 11.8 Å². The van der Waals surface area contributed by atoms with Crippen molar-refractivity contribution in [3.8, 4) is 17.2 Å². The Bertz CT molecular complexity index is 1060. The van der Waals surface area contributed by atoms with Crippen molar-refractivity contribution in [1.29, 1.82) is 0 Å². The largest absolute Gasteiger partial charge is 0.497 e. The Morgan fingerprint density at radius 2 is 1.55 bits per heavy atom. The van der Waals surface area contributed by atoms with Crippen LogP contribution in [0.1, 0.15) is 27.6 Å². The smallest absolute Gasteiger partial charge is 0.259 e. The normalized spacial score (nSPS) is 10.2. The fourth-order valence-corrected chi connectivity index (χ4v) is 2.95. The molecule has 0 unspecified atom stereocenters. The van der Waals surface area contributed by atoms with E-state index in [1.54, 1.807) is 67.8 Å². The second-order valence-electron chi connectivity index (χ2n) is 6.48. The van der Waals surface area contributed by atoms with Gasteiger partial charge in [0.2, 0.25) is 0 Å². The summed E-state index contributed by atoms with van der Waals surface area (Å²) < 4.78 is 16.0. The zero-order valence-corrected chi connectivity index (χ0v) is 17.6. The van der Waals surface area contributed by atoms with Crippen LogP contribution in [0.15, 0.2) is 66.7 Å². The van der Waals surface area contributed by atoms with Gasteiger partial charge in [-0.1, -0.05) is 12.1 Å². The van der Waals surface area contributed by atoms with Crippen LogP contribution in [0.2, 0.25) is 0 Å². The minimum Gasteiger partial charge on any atom is -0.497 e. The third-order valence-corrected chi connectivity index (χ3v) is 4.49. The average Bonchev–Trinajstić information content (AvgIpc) is 2.80. The number of rotatable bonds is 8. The maximum Gasteiger partial charge on any atom is 0.259 e. The van der Waals surface area contributed by atoms with E-state index >= 15 is 0 Å². The summed E-state index contributed by atoms with van der Waals surface area (Å²) in [5.74, 6) is 0.998. The lowest BCUT2D eigenvalue weighted by Gasteiger charge is -2.14. The SMILES string of the molecule is CCOc1ccccc1C(=O)Nc1ccc(OC)c(NC(=O)c2ccc(OC)cc2)c1. The molecule has 0 bridgehead atoms. The van der Waals surface area contributed by atoms with Gasteiger partial charge in [-0.2, -0.15) is 0 Å². The number of hydrogen-bond acceptors (Lipinski definition) is 5. The van der Waals surface area contributed by atoms with Gasteiger partial charge >= 0.3 is 0 Å². The van der Waals surface area contributed by atoms with Gasteiger partial charge in [0.1, 0.15) is 17.2 Å². The number of carbonyl (C=O) groups excluding carboxylic acids is 2. The monoisotopic (exact) mass is 420 g/mol. The van der Waals surface area contributed by atoms with E-state index in [-0.39, 0.29) is 11.8 Å². The molecule has 0 aliphatic rings. The number of nitrogens with one attached hydrogen (secondary N) is 2. The van der Waals surface area contributed by atoms with Gasteiger partial charge in [-0.15, -0.1) is 0 Å². The third kappa shape index (κ3) is 5.33. The van der Waals surface area contributed by atoms with E-state index in [0.29, 0.717) is 46.4 Å². The molecular formula is C24H24N2O5. The molecule has 0 saturated heterocycles.